The fourth-order valence-corrected chi connectivity index (χ4v) is 3.94. The second kappa shape index (κ2) is 7.99. The van der Waals surface area contributed by atoms with Gasteiger partial charge < -0.3 is 11.1 Å². The molecule has 8 heteroatoms. The summed E-state index contributed by atoms with van der Waals surface area (Å²) in [5.41, 5.74) is 9.74. The fourth-order valence-electron chi connectivity index (χ4n) is 2.74. The van der Waals surface area contributed by atoms with Gasteiger partial charge in [0.25, 0.3) is 5.91 Å². The molecule has 0 aliphatic rings. The number of nitrogens with zero attached hydrogens (tertiary/aromatic N) is 3. The smallest absolute Gasteiger partial charge is 0.261 e. The summed E-state index contributed by atoms with van der Waals surface area (Å²) in [7, 11) is 1.78. The van der Waals surface area contributed by atoms with Crippen molar-refractivity contribution < 1.29 is 4.79 Å². The van der Waals surface area contributed by atoms with Crippen LogP contribution in [0.15, 0.2) is 36.5 Å². The monoisotopic (exact) mass is 389 g/mol. The van der Waals surface area contributed by atoms with Crippen LogP contribution in [-0.2, 0) is 13.5 Å². The van der Waals surface area contributed by atoms with Crippen LogP contribution in [0.2, 0.25) is 4.34 Å². The lowest BCUT2D eigenvalue weighted by atomic mass is 10.0. The van der Waals surface area contributed by atoms with E-state index in [2.05, 4.69) is 34.7 Å². The van der Waals surface area contributed by atoms with Gasteiger partial charge in [-0.05, 0) is 30.5 Å². The van der Waals surface area contributed by atoms with Gasteiger partial charge in [0, 0.05) is 25.2 Å². The average molecular weight is 390 g/mol. The molecule has 0 aliphatic heterocycles. The number of thiophene rings is 1. The Morgan fingerprint density at radius 1 is 1.42 bits per heavy atom. The molecule has 1 aromatic carbocycles. The van der Waals surface area contributed by atoms with Crippen molar-refractivity contribution in [2.45, 2.75) is 19.4 Å². The Kier molecular flexibility index (Phi) is 5.70. The van der Waals surface area contributed by atoms with Gasteiger partial charge in [-0.2, -0.15) is 0 Å². The molecule has 2 heterocycles. The van der Waals surface area contributed by atoms with Crippen molar-refractivity contribution in [3.63, 3.8) is 0 Å². The van der Waals surface area contributed by atoms with E-state index in [-0.39, 0.29) is 11.9 Å². The molecule has 0 radical (unpaired) electrons. The highest BCUT2D eigenvalue weighted by molar-refractivity contribution is 7.18. The quantitative estimate of drug-likeness (QED) is 0.678. The zero-order valence-electron chi connectivity index (χ0n) is 14.6. The van der Waals surface area contributed by atoms with Gasteiger partial charge in [0.05, 0.1) is 16.8 Å². The third-order valence-electron chi connectivity index (χ3n) is 4.25. The molecule has 0 saturated carbocycles. The van der Waals surface area contributed by atoms with Crippen molar-refractivity contribution in [2.75, 3.05) is 6.54 Å². The molecule has 0 fully saturated rings. The SMILES string of the molecule is Cc1ccccc1C[C@@H](CN)NC(=O)c1cc(-c2cnnn2C)c(Cl)s1. The van der Waals surface area contributed by atoms with E-state index in [1.807, 2.05) is 12.1 Å². The van der Waals surface area contributed by atoms with Crippen molar-refractivity contribution >= 4 is 28.8 Å². The molecule has 0 saturated heterocycles. The standard InChI is InChI=1S/C18H20ClN5OS/c1-11-5-3-4-6-12(11)7-13(9-20)22-18(25)16-8-14(17(19)26-16)15-10-21-23-24(15)2/h3-6,8,10,13H,7,9,20H2,1-2H3,(H,22,25)/t13-/m0/s1. The maximum Gasteiger partial charge on any atom is 0.261 e. The van der Waals surface area contributed by atoms with Crippen LogP contribution in [0.1, 0.15) is 20.8 Å². The van der Waals surface area contributed by atoms with Gasteiger partial charge in [-0.1, -0.05) is 41.1 Å². The van der Waals surface area contributed by atoms with Gasteiger partial charge in [0.2, 0.25) is 0 Å². The van der Waals surface area contributed by atoms with Crippen LogP contribution in [-0.4, -0.2) is 33.5 Å². The van der Waals surface area contributed by atoms with Gasteiger partial charge in [-0.25, -0.2) is 4.68 Å². The van der Waals surface area contributed by atoms with E-state index in [0.29, 0.717) is 22.2 Å². The third kappa shape index (κ3) is 3.95. The Balaban J connectivity index is 1.75. The Morgan fingerprint density at radius 2 is 2.19 bits per heavy atom. The lowest BCUT2D eigenvalue weighted by molar-refractivity contribution is 0.0942. The summed E-state index contributed by atoms with van der Waals surface area (Å²) in [6.07, 6.45) is 2.31. The van der Waals surface area contributed by atoms with Gasteiger partial charge in [-0.3, -0.25) is 4.79 Å². The van der Waals surface area contributed by atoms with Gasteiger partial charge in [-0.15, -0.1) is 16.4 Å². The van der Waals surface area contributed by atoms with Crippen LogP contribution >= 0.6 is 22.9 Å². The molecule has 136 valence electrons. The van der Waals surface area contributed by atoms with Gasteiger partial charge in [0.15, 0.2) is 0 Å². The molecule has 2 aromatic heterocycles. The molecule has 26 heavy (non-hydrogen) atoms. The van der Waals surface area contributed by atoms with Crippen molar-refractivity contribution in [3.8, 4) is 11.3 Å². The maximum atomic E-state index is 12.7. The number of nitrogens with one attached hydrogen (secondary N) is 1. The molecule has 1 atom stereocenters. The Labute approximate surface area is 161 Å². The summed E-state index contributed by atoms with van der Waals surface area (Å²) in [5, 5.41) is 10.8. The lowest BCUT2D eigenvalue weighted by Gasteiger charge is -2.17. The summed E-state index contributed by atoms with van der Waals surface area (Å²) in [6, 6.07) is 9.72. The number of carbonyl (C=O) groups excluding carboxylic acids is 1. The molecular formula is C18H20ClN5OS. The predicted octanol–water partition coefficient (Wildman–Crippen LogP) is 2.81. The minimum atomic E-state index is -0.178. The van der Waals surface area contributed by atoms with Crippen LogP contribution in [0.3, 0.4) is 0 Å². The van der Waals surface area contributed by atoms with Crippen molar-refractivity contribution in [1.82, 2.24) is 20.3 Å². The zero-order chi connectivity index (χ0) is 18.7. The van der Waals surface area contributed by atoms with Crippen LogP contribution in [0.4, 0.5) is 0 Å². The molecular weight excluding hydrogens is 370 g/mol. The largest absolute Gasteiger partial charge is 0.347 e. The molecule has 3 N–H and O–H groups in total. The number of carbonyl (C=O) groups is 1. The minimum absolute atomic E-state index is 0.147. The van der Waals surface area contributed by atoms with E-state index >= 15 is 0 Å². The number of benzene rings is 1. The second-order valence-corrected chi connectivity index (χ2v) is 7.73. The topological polar surface area (TPSA) is 85.8 Å². The van der Waals surface area contributed by atoms with E-state index in [4.69, 9.17) is 17.3 Å². The van der Waals surface area contributed by atoms with E-state index in [1.54, 1.807) is 24.0 Å². The highest BCUT2D eigenvalue weighted by Crippen LogP contribution is 2.35. The first-order chi connectivity index (χ1) is 12.5. The van der Waals surface area contributed by atoms with Gasteiger partial charge in [0.1, 0.15) is 4.34 Å². The second-order valence-electron chi connectivity index (χ2n) is 6.08. The Hall–Kier alpha value is -2.22. The minimum Gasteiger partial charge on any atom is -0.347 e. The van der Waals surface area contributed by atoms with Crippen LogP contribution in [0.25, 0.3) is 11.3 Å². The van der Waals surface area contributed by atoms with Crippen LogP contribution in [0.5, 0.6) is 0 Å². The molecule has 0 bridgehead atoms. The van der Waals surface area contributed by atoms with E-state index in [9.17, 15) is 4.79 Å². The van der Waals surface area contributed by atoms with Crippen LogP contribution in [0, 0.1) is 6.92 Å². The molecule has 0 aliphatic carbocycles. The zero-order valence-corrected chi connectivity index (χ0v) is 16.1. The molecule has 3 rings (SSSR count). The highest BCUT2D eigenvalue weighted by atomic mass is 35.5. The Morgan fingerprint density at radius 3 is 2.85 bits per heavy atom. The number of hydrogen-bond acceptors (Lipinski definition) is 5. The first-order valence-corrected chi connectivity index (χ1v) is 9.39. The first kappa shape index (κ1) is 18.6. The summed E-state index contributed by atoms with van der Waals surface area (Å²) in [4.78, 5) is 13.2. The first-order valence-electron chi connectivity index (χ1n) is 8.19. The normalized spacial score (nSPS) is 12.2. The van der Waals surface area contributed by atoms with Gasteiger partial charge >= 0.3 is 0 Å². The van der Waals surface area contributed by atoms with Crippen molar-refractivity contribution in [3.05, 3.63) is 56.9 Å². The number of rotatable bonds is 6. The van der Waals surface area contributed by atoms with Crippen molar-refractivity contribution in [1.29, 1.82) is 0 Å². The molecule has 6 nitrogen and oxygen atoms in total. The van der Waals surface area contributed by atoms with E-state index in [0.717, 1.165) is 11.3 Å². The molecule has 0 spiro atoms. The van der Waals surface area contributed by atoms with E-state index in [1.165, 1.54) is 22.5 Å². The average Bonchev–Trinajstić information content (AvgIpc) is 3.21. The van der Waals surface area contributed by atoms with Crippen LogP contribution < -0.4 is 11.1 Å². The molecule has 0 unspecified atom stereocenters. The summed E-state index contributed by atoms with van der Waals surface area (Å²) in [5.74, 6) is -0.178. The number of hydrogen-bond donors (Lipinski definition) is 2. The highest BCUT2D eigenvalue weighted by Gasteiger charge is 2.19. The predicted molar refractivity (Wildman–Crippen MR) is 105 cm³/mol. The third-order valence-corrected chi connectivity index (χ3v) is 5.61. The maximum absolute atomic E-state index is 12.7. The number of aromatic nitrogens is 3. The number of halogens is 1. The number of nitrogens with two attached hydrogens (primary N) is 1. The lowest BCUT2D eigenvalue weighted by Crippen LogP contribution is -2.41. The molecule has 3 aromatic rings. The van der Waals surface area contributed by atoms with E-state index < -0.39 is 0 Å². The van der Waals surface area contributed by atoms with Crippen molar-refractivity contribution in [2.24, 2.45) is 12.8 Å². The number of aryl methyl sites for hydroxylation is 2. The molecule has 1 amide bonds. The Bertz CT molecular complexity index is 920. The summed E-state index contributed by atoms with van der Waals surface area (Å²) >= 11 is 7.55. The summed E-state index contributed by atoms with van der Waals surface area (Å²) < 4.78 is 2.15. The number of amides is 1. The fraction of sp³-hybridized carbons (Fsp3) is 0.278. The summed E-state index contributed by atoms with van der Waals surface area (Å²) in [6.45, 7) is 2.41.